The Morgan fingerprint density at radius 3 is 2.30 bits per heavy atom. The molecule has 0 fully saturated rings. The first-order chi connectivity index (χ1) is 12.6. The molecule has 3 nitrogen and oxygen atoms in total. The summed E-state index contributed by atoms with van der Waals surface area (Å²) in [7, 11) is -3.15. The van der Waals surface area contributed by atoms with Gasteiger partial charge in [0, 0.05) is 5.82 Å². The summed E-state index contributed by atoms with van der Waals surface area (Å²) in [4.78, 5) is 0. The Hall–Kier alpha value is -1.15. The number of hydrogen-bond donors (Lipinski definition) is 0. The van der Waals surface area contributed by atoms with E-state index in [2.05, 4.69) is 45.9 Å². The summed E-state index contributed by atoms with van der Waals surface area (Å²) in [5, 5.41) is 0. The highest BCUT2D eigenvalue weighted by molar-refractivity contribution is 7.57. The van der Waals surface area contributed by atoms with Crippen molar-refractivity contribution in [3.05, 3.63) is 58.5 Å². The zero-order valence-corrected chi connectivity index (χ0v) is 19.1. The van der Waals surface area contributed by atoms with Gasteiger partial charge < -0.3 is 9.05 Å². The molecule has 0 bridgehead atoms. The molecule has 1 rings (SSSR count). The normalized spacial score (nSPS) is 19.5. The lowest BCUT2D eigenvalue weighted by Gasteiger charge is -2.32. The molecule has 0 spiro atoms. The molecule has 0 N–H and O–H groups in total. The van der Waals surface area contributed by atoms with Gasteiger partial charge in [-0.25, -0.2) is 0 Å². The van der Waals surface area contributed by atoms with Crippen LogP contribution in [-0.4, -0.2) is 13.2 Å². The van der Waals surface area contributed by atoms with E-state index in [1.165, 1.54) is 36.0 Å². The third kappa shape index (κ3) is 8.17. The topological polar surface area (TPSA) is 35.5 Å². The lowest BCUT2D eigenvalue weighted by Crippen LogP contribution is -2.19. The van der Waals surface area contributed by atoms with Crippen LogP contribution >= 0.6 is 7.60 Å². The average Bonchev–Trinajstić information content (AvgIpc) is 2.53. The lowest BCUT2D eigenvalue weighted by atomic mass is 9.72. The maximum atomic E-state index is 12.5. The first-order valence-electron chi connectivity index (χ1n) is 9.95. The molecule has 27 heavy (non-hydrogen) atoms. The highest BCUT2D eigenvalue weighted by atomic mass is 31.2. The van der Waals surface area contributed by atoms with Gasteiger partial charge in [0.15, 0.2) is 0 Å². The molecule has 0 aromatic heterocycles. The van der Waals surface area contributed by atoms with Crippen molar-refractivity contribution in [2.75, 3.05) is 13.2 Å². The molecule has 0 heterocycles. The van der Waals surface area contributed by atoms with E-state index in [0.717, 1.165) is 5.57 Å². The second kappa shape index (κ2) is 11.0. The lowest BCUT2D eigenvalue weighted by molar-refractivity contribution is 0.228. The van der Waals surface area contributed by atoms with Crippen LogP contribution in [0, 0.1) is 5.41 Å². The van der Waals surface area contributed by atoms with Gasteiger partial charge in [0.05, 0.1) is 13.2 Å². The van der Waals surface area contributed by atoms with Gasteiger partial charge in [0.1, 0.15) is 0 Å². The van der Waals surface area contributed by atoms with Gasteiger partial charge in [0.2, 0.25) is 0 Å². The van der Waals surface area contributed by atoms with Crippen LogP contribution in [-0.2, 0) is 13.6 Å². The Balaban J connectivity index is 2.83. The third-order valence-electron chi connectivity index (χ3n) is 4.75. The molecule has 0 amide bonds. The summed E-state index contributed by atoms with van der Waals surface area (Å²) >= 11 is 0. The molecule has 0 saturated carbocycles. The van der Waals surface area contributed by atoms with Gasteiger partial charge in [-0.3, -0.25) is 4.57 Å². The van der Waals surface area contributed by atoms with Gasteiger partial charge in [-0.1, -0.05) is 55.4 Å². The highest BCUT2D eigenvalue weighted by Gasteiger charge is 2.26. The number of rotatable bonds is 9. The molecule has 4 heteroatoms. The minimum atomic E-state index is -3.15. The van der Waals surface area contributed by atoms with Crippen molar-refractivity contribution < 1.29 is 13.6 Å². The van der Waals surface area contributed by atoms with Crippen LogP contribution in [0.15, 0.2) is 58.5 Å². The maximum Gasteiger partial charge on any atom is 0.354 e. The predicted molar refractivity (Wildman–Crippen MR) is 117 cm³/mol. The molecular formula is C23H37O3P. The Labute approximate surface area is 166 Å². The molecule has 0 radical (unpaired) electrons. The van der Waals surface area contributed by atoms with Gasteiger partial charge in [-0.05, 0) is 70.4 Å². The molecule has 0 aromatic carbocycles. The summed E-state index contributed by atoms with van der Waals surface area (Å²) in [6, 6.07) is 0. The van der Waals surface area contributed by atoms with Crippen molar-refractivity contribution >= 4 is 7.60 Å². The zero-order valence-electron chi connectivity index (χ0n) is 18.2. The van der Waals surface area contributed by atoms with Crippen LogP contribution in [0.4, 0.5) is 0 Å². The van der Waals surface area contributed by atoms with E-state index in [1.807, 2.05) is 32.9 Å². The molecule has 0 aromatic rings. The molecule has 0 saturated heterocycles. The first-order valence-corrected chi connectivity index (χ1v) is 11.6. The second-order valence-electron chi connectivity index (χ2n) is 7.78. The molecule has 0 atom stereocenters. The standard InChI is InChI=1S/C23H37O3P/c1-8-25-27(24,26-9-2)18-20(4)13-10-12-19(3)15-16-22-21(5)14-11-17-23(22,6)7/h10,12-13,15-16,18H,8-9,11,14,17H2,1-7H3/b13-10+,16-15+,19-12+,20-18+. The summed E-state index contributed by atoms with van der Waals surface area (Å²) in [6.45, 7) is 15.3. The van der Waals surface area contributed by atoms with Crippen LogP contribution < -0.4 is 0 Å². The third-order valence-corrected chi connectivity index (χ3v) is 6.71. The molecule has 0 aliphatic heterocycles. The fraction of sp³-hybridized carbons (Fsp3) is 0.565. The fourth-order valence-electron chi connectivity index (χ4n) is 3.40. The van der Waals surface area contributed by atoms with Crippen LogP contribution in [0.2, 0.25) is 0 Å². The Bertz CT molecular complexity index is 680. The van der Waals surface area contributed by atoms with Crippen molar-refractivity contribution in [1.29, 1.82) is 0 Å². The molecular weight excluding hydrogens is 355 g/mol. The monoisotopic (exact) mass is 392 g/mol. The van der Waals surface area contributed by atoms with E-state index >= 15 is 0 Å². The van der Waals surface area contributed by atoms with E-state index in [4.69, 9.17) is 9.05 Å². The smallest absolute Gasteiger partial charge is 0.306 e. The van der Waals surface area contributed by atoms with Crippen LogP contribution in [0.3, 0.4) is 0 Å². The van der Waals surface area contributed by atoms with E-state index in [9.17, 15) is 4.57 Å². The quantitative estimate of drug-likeness (QED) is 0.297. The van der Waals surface area contributed by atoms with Gasteiger partial charge in [0.25, 0.3) is 0 Å². The minimum absolute atomic E-state index is 0.258. The molecule has 1 aliphatic carbocycles. The van der Waals surface area contributed by atoms with Gasteiger partial charge >= 0.3 is 7.60 Å². The SMILES string of the molecule is CCOP(=O)(/C=C(C)/C=C/C=C(C)/C=C/C1=C(C)CCCC1(C)C)OCC. The Morgan fingerprint density at radius 2 is 1.74 bits per heavy atom. The summed E-state index contributed by atoms with van der Waals surface area (Å²) in [6.07, 6.45) is 14.2. The molecule has 0 unspecified atom stereocenters. The fourth-order valence-corrected chi connectivity index (χ4v) is 4.92. The minimum Gasteiger partial charge on any atom is -0.306 e. The van der Waals surface area contributed by atoms with E-state index in [1.54, 1.807) is 5.82 Å². The van der Waals surface area contributed by atoms with Gasteiger partial charge in [-0.2, -0.15) is 0 Å². The zero-order chi connectivity index (χ0) is 20.5. The average molecular weight is 393 g/mol. The molecule has 152 valence electrons. The van der Waals surface area contributed by atoms with Crippen molar-refractivity contribution in [3.63, 3.8) is 0 Å². The highest BCUT2D eigenvalue weighted by Crippen LogP contribution is 2.50. The van der Waals surface area contributed by atoms with E-state index in [0.29, 0.717) is 13.2 Å². The van der Waals surface area contributed by atoms with Crippen molar-refractivity contribution in [1.82, 2.24) is 0 Å². The van der Waals surface area contributed by atoms with Crippen LogP contribution in [0.1, 0.15) is 67.7 Å². The Kier molecular flexibility index (Phi) is 9.73. The summed E-state index contributed by atoms with van der Waals surface area (Å²) in [5.74, 6) is 1.59. The van der Waals surface area contributed by atoms with Crippen molar-refractivity contribution in [2.24, 2.45) is 5.41 Å². The van der Waals surface area contributed by atoms with E-state index < -0.39 is 7.60 Å². The van der Waals surface area contributed by atoms with Crippen molar-refractivity contribution in [3.8, 4) is 0 Å². The van der Waals surface area contributed by atoms with Crippen LogP contribution in [0.25, 0.3) is 0 Å². The predicted octanol–water partition coefficient (Wildman–Crippen LogP) is 7.74. The van der Waals surface area contributed by atoms with Gasteiger partial charge in [-0.15, -0.1) is 0 Å². The van der Waals surface area contributed by atoms with Crippen LogP contribution in [0.5, 0.6) is 0 Å². The first kappa shape index (κ1) is 23.9. The largest absolute Gasteiger partial charge is 0.354 e. The summed E-state index contributed by atoms with van der Waals surface area (Å²) < 4.78 is 23.1. The summed E-state index contributed by atoms with van der Waals surface area (Å²) in [5.41, 5.74) is 5.27. The Morgan fingerprint density at radius 1 is 1.11 bits per heavy atom. The molecule has 1 aliphatic rings. The van der Waals surface area contributed by atoms with Crippen molar-refractivity contribution in [2.45, 2.75) is 67.7 Å². The second-order valence-corrected chi connectivity index (χ2v) is 9.64. The number of hydrogen-bond acceptors (Lipinski definition) is 3. The maximum absolute atomic E-state index is 12.5. The number of allylic oxidation sites excluding steroid dienone is 9. The van der Waals surface area contributed by atoms with E-state index in [-0.39, 0.29) is 5.41 Å².